The molecule has 0 unspecified atom stereocenters. The molecule has 3 aromatic heterocycles. The molecule has 2 aromatic carbocycles. The van der Waals surface area contributed by atoms with Crippen LogP contribution in [0.2, 0.25) is 5.02 Å². The normalized spacial score (nSPS) is 11.3. The van der Waals surface area contributed by atoms with Gasteiger partial charge in [0.15, 0.2) is 10.9 Å². The van der Waals surface area contributed by atoms with Crippen LogP contribution >= 0.6 is 34.3 Å². The van der Waals surface area contributed by atoms with E-state index in [1.807, 2.05) is 30.3 Å². The number of carbonyl (C=O) groups excluding carboxylic acids is 1. The molecule has 154 valence electrons. The minimum Gasteiger partial charge on any atom is -0.279 e. The fourth-order valence-electron chi connectivity index (χ4n) is 3.24. The first kappa shape index (κ1) is 20.0. The van der Waals surface area contributed by atoms with Gasteiger partial charge in [0.25, 0.3) is 5.91 Å². The van der Waals surface area contributed by atoms with Crippen LogP contribution < -0.4 is 4.90 Å². The molecule has 1 amide bonds. The number of thiazole rings is 1. The van der Waals surface area contributed by atoms with E-state index < -0.39 is 11.6 Å². The van der Waals surface area contributed by atoms with E-state index in [2.05, 4.69) is 9.97 Å². The van der Waals surface area contributed by atoms with Gasteiger partial charge in [-0.15, -0.1) is 11.3 Å². The molecule has 0 radical (unpaired) electrons. The summed E-state index contributed by atoms with van der Waals surface area (Å²) >= 11 is 8.86. The number of carbonyl (C=O) groups is 1. The van der Waals surface area contributed by atoms with Crippen molar-refractivity contribution in [1.82, 2.24) is 9.97 Å². The van der Waals surface area contributed by atoms with E-state index in [4.69, 9.17) is 11.6 Å². The van der Waals surface area contributed by atoms with E-state index in [1.54, 1.807) is 18.5 Å². The van der Waals surface area contributed by atoms with Crippen molar-refractivity contribution < 1.29 is 13.6 Å². The SMILES string of the molecule is O=C(c1sc2ccccc2c1Cl)N(Cc1cccnc1)c1nc2c(F)cc(F)cc2s1. The van der Waals surface area contributed by atoms with E-state index in [9.17, 15) is 13.6 Å². The van der Waals surface area contributed by atoms with E-state index >= 15 is 0 Å². The summed E-state index contributed by atoms with van der Waals surface area (Å²) in [6.45, 7) is 0.154. The minimum absolute atomic E-state index is 0.0211. The third-order valence-corrected chi connectivity index (χ3v) is 7.36. The molecule has 0 saturated heterocycles. The second-order valence-electron chi connectivity index (χ2n) is 6.72. The van der Waals surface area contributed by atoms with Crippen molar-refractivity contribution in [3.8, 4) is 0 Å². The molecule has 5 aromatic rings. The monoisotopic (exact) mass is 471 g/mol. The van der Waals surface area contributed by atoms with Crippen molar-refractivity contribution in [2.24, 2.45) is 0 Å². The quantitative estimate of drug-likeness (QED) is 0.293. The Morgan fingerprint density at radius 3 is 2.68 bits per heavy atom. The van der Waals surface area contributed by atoms with Crippen LogP contribution in [-0.4, -0.2) is 15.9 Å². The molecule has 0 fully saturated rings. The Morgan fingerprint density at radius 2 is 1.90 bits per heavy atom. The topological polar surface area (TPSA) is 46.1 Å². The molecular formula is C22H12ClF2N3OS2. The van der Waals surface area contributed by atoms with Gasteiger partial charge in [-0.2, -0.15) is 0 Å². The average molecular weight is 472 g/mol. The third kappa shape index (κ3) is 3.67. The second-order valence-corrected chi connectivity index (χ2v) is 9.16. The smallest absolute Gasteiger partial charge is 0.272 e. The first-order valence-electron chi connectivity index (χ1n) is 9.14. The number of benzene rings is 2. The van der Waals surface area contributed by atoms with E-state index in [0.717, 1.165) is 33.1 Å². The molecule has 9 heteroatoms. The molecule has 0 saturated carbocycles. The van der Waals surface area contributed by atoms with Crippen molar-refractivity contribution >= 4 is 65.6 Å². The van der Waals surface area contributed by atoms with Crippen LogP contribution in [0.15, 0.2) is 60.9 Å². The number of nitrogens with zero attached hydrogens (tertiary/aromatic N) is 3. The number of aromatic nitrogens is 2. The number of fused-ring (bicyclic) bond motifs is 2. The number of halogens is 3. The van der Waals surface area contributed by atoms with Crippen LogP contribution in [0.25, 0.3) is 20.3 Å². The molecule has 0 aliphatic rings. The lowest BCUT2D eigenvalue weighted by Gasteiger charge is -2.19. The summed E-state index contributed by atoms with van der Waals surface area (Å²) in [4.78, 5) is 23.8. The maximum Gasteiger partial charge on any atom is 0.272 e. The molecule has 5 rings (SSSR count). The Bertz CT molecular complexity index is 1440. The fourth-order valence-corrected chi connectivity index (χ4v) is 5.70. The number of anilines is 1. The summed E-state index contributed by atoms with van der Waals surface area (Å²) in [6, 6.07) is 13.1. The van der Waals surface area contributed by atoms with Crippen LogP contribution in [0.4, 0.5) is 13.9 Å². The zero-order chi connectivity index (χ0) is 21.5. The molecule has 0 atom stereocenters. The number of rotatable bonds is 4. The van der Waals surface area contributed by atoms with Crippen molar-refractivity contribution in [3.05, 3.63) is 88.0 Å². The van der Waals surface area contributed by atoms with E-state index in [-0.39, 0.29) is 23.1 Å². The first-order valence-corrected chi connectivity index (χ1v) is 11.2. The van der Waals surface area contributed by atoms with Gasteiger partial charge < -0.3 is 0 Å². The summed E-state index contributed by atoms with van der Waals surface area (Å²) in [5.74, 6) is -1.83. The molecule has 0 aliphatic heterocycles. The minimum atomic E-state index is -0.772. The summed E-state index contributed by atoms with van der Waals surface area (Å²) < 4.78 is 29.1. The summed E-state index contributed by atoms with van der Waals surface area (Å²) in [5, 5.41) is 1.40. The van der Waals surface area contributed by atoms with Gasteiger partial charge in [0.1, 0.15) is 16.2 Å². The fraction of sp³-hybridized carbons (Fsp3) is 0.0455. The van der Waals surface area contributed by atoms with E-state index in [1.165, 1.54) is 22.3 Å². The van der Waals surface area contributed by atoms with Crippen LogP contribution in [0.3, 0.4) is 0 Å². The van der Waals surface area contributed by atoms with Gasteiger partial charge in [-0.25, -0.2) is 13.8 Å². The summed E-state index contributed by atoms with van der Waals surface area (Å²) in [6.07, 6.45) is 3.27. The lowest BCUT2D eigenvalue weighted by atomic mass is 10.2. The maximum absolute atomic E-state index is 14.3. The van der Waals surface area contributed by atoms with Crippen LogP contribution in [-0.2, 0) is 6.54 Å². The highest BCUT2D eigenvalue weighted by atomic mass is 35.5. The van der Waals surface area contributed by atoms with Crippen LogP contribution in [0.1, 0.15) is 15.2 Å². The molecule has 31 heavy (non-hydrogen) atoms. The lowest BCUT2D eigenvalue weighted by Crippen LogP contribution is -2.30. The molecular weight excluding hydrogens is 460 g/mol. The van der Waals surface area contributed by atoms with Gasteiger partial charge in [-0.3, -0.25) is 14.7 Å². The third-order valence-electron chi connectivity index (χ3n) is 4.67. The number of thiophene rings is 1. The predicted molar refractivity (Wildman–Crippen MR) is 121 cm³/mol. The van der Waals surface area contributed by atoms with Gasteiger partial charge in [-0.1, -0.05) is 47.2 Å². The Morgan fingerprint density at radius 1 is 1.06 bits per heavy atom. The number of hydrogen-bond donors (Lipinski definition) is 0. The highest BCUT2D eigenvalue weighted by molar-refractivity contribution is 7.23. The summed E-state index contributed by atoms with van der Waals surface area (Å²) in [7, 11) is 0. The molecule has 3 heterocycles. The van der Waals surface area contributed by atoms with Gasteiger partial charge in [0.2, 0.25) is 0 Å². The van der Waals surface area contributed by atoms with Crippen LogP contribution in [0, 0.1) is 11.6 Å². The second kappa shape index (κ2) is 7.96. The van der Waals surface area contributed by atoms with Gasteiger partial charge in [0, 0.05) is 28.5 Å². The largest absolute Gasteiger partial charge is 0.279 e. The number of amides is 1. The molecule has 0 aliphatic carbocycles. The number of hydrogen-bond acceptors (Lipinski definition) is 5. The molecule has 0 bridgehead atoms. The Hall–Kier alpha value is -2.94. The zero-order valence-corrected chi connectivity index (χ0v) is 18.1. The van der Waals surface area contributed by atoms with Gasteiger partial charge in [-0.05, 0) is 23.8 Å². The highest BCUT2D eigenvalue weighted by Gasteiger charge is 2.27. The standard InChI is InChI=1S/C22H12ClF2N3OS2/c23-18-14-5-1-2-6-16(14)30-20(18)21(29)28(11-12-4-3-7-26-10-12)22-27-19-15(25)8-13(24)9-17(19)31-22/h1-10H,11H2. The first-order chi connectivity index (χ1) is 15.0. The van der Waals surface area contributed by atoms with Crippen molar-refractivity contribution in [3.63, 3.8) is 0 Å². The Balaban J connectivity index is 1.64. The molecule has 4 nitrogen and oxygen atoms in total. The Kier molecular flexibility index (Phi) is 5.13. The van der Waals surface area contributed by atoms with Crippen molar-refractivity contribution in [1.29, 1.82) is 0 Å². The van der Waals surface area contributed by atoms with Crippen molar-refractivity contribution in [2.75, 3.05) is 4.90 Å². The van der Waals surface area contributed by atoms with Crippen molar-refractivity contribution in [2.45, 2.75) is 6.54 Å². The predicted octanol–water partition coefficient (Wildman–Crippen LogP) is 6.68. The van der Waals surface area contributed by atoms with E-state index in [0.29, 0.717) is 14.6 Å². The Labute approximate surface area is 188 Å². The van der Waals surface area contributed by atoms with Gasteiger partial charge in [0.05, 0.1) is 16.3 Å². The average Bonchev–Trinajstić information content (AvgIpc) is 3.34. The highest BCUT2D eigenvalue weighted by Crippen LogP contribution is 2.38. The van der Waals surface area contributed by atoms with Crippen LogP contribution in [0.5, 0.6) is 0 Å². The molecule has 0 N–H and O–H groups in total. The van der Waals surface area contributed by atoms with Gasteiger partial charge >= 0.3 is 0 Å². The lowest BCUT2D eigenvalue weighted by molar-refractivity contribution is 0.0989. The molecule has 0 spiro atoms. The zero-order valence-electron chi connectivity index (χ0n) is 15.7. The summed E-state index contributed by atoms with van der Waals surface area (Å²) in [5.41, 5.74) is 0.784. The maximum atomic E-state index is 14.3. The number of pyridine rings is 1.